The summed E-state index contributed by atoms with van der Waals surface area (Å²) in [5.41, 5.74) is 0.607. The number of nitrogens with zero attached hydrogens (tertiary/aromatic N) is 3. The van der Waals surface area contributed by atoms with Gasteiger partial charge in [-0.05, 0) is 37.5 Å². The van der Waals surface area contributed by atoms with E-state index in [1.54, 1.807) is 18.2 Å². The van der Waals surface area contributed by atoms with Crippen LogP contribution in [0.5, 0.6) is 11.5 Å². The number of H-pyrrole nitrogens is 1. The van der Waals surface area contributed by atoms with Crippen molar-refractivity contribution >= 4 is 5.91 Å². The summed E-state index contributed by atoms with van der Waals surface area (Å²) in [6.45, 7) is 0.927. The minimum absolute atomic E-state index is 0.0144. The summed E-state index contributed by atoms with van der Waals surface area (Å²) in [6, 6.07) is 5.26. The number of aromatic nitrogens is 3. The number of piperidine rings is 1. The summed E-state index contributed by atoms with van der Waals surface area (Å²) in [6.07, 6.45) is 4.45. The highest BCUT2D eigenvalue weighted by Gasteiger charge is 2.31. The van der Waals surface area contributed by atoms with Crippen LogP contribution in [0.25, 0.3) is 0 Å². The van der Waals surface area contributed by atoms with Gasteiger partial charge in [-0.1, -0.05) is 0 Å². The van der Waals surface area contributed by atoms with Crippen LogP contribution in [-0.2, 0) is 0 Å². The van der Waals surface area contributed by atoms with Gasteiger partial charge in [0, 0.05) is 12.1 Å². The van der Waals surface area contributed by atoms with E-state index in [0.717, 1.165) is 31.6 Å². The lowest BCUT2D eigenvalue weighted by Gasteiger charge is -2.34. The number of nitrogens with one attached hydrogen (secondary N) is 1. The molecule has 2 aliphatic rings. The topological polar surface area (TPSA) is 80.3 Å². The Bertz CT molecular complexity index is 686. The number of aromatic amines is 1. The van der Waals surface area contributed by atoms with E-state index in [1.165, 1.54) is 6.33 Å². The predicted molar refractivity (Wildman–Crippen MR) is 76.6 cm³/mol. The second-order valence-corrected chi connectivity index (χ2v) is 5.45. The Labute approximate surface area is 127 Å². The van der Waals surface area contributed by atoms with Crippen LogP contribution in [0.2, 0.25) is 0 Å². The van der Waals surface area contributed by atoms with Gasteiger partial charge in [0.15, 0.2) is 11.5 Å². The van der Waals surface area contributed by atoms with Crippen molar-refractivity contribution in [2.45, 2.75) is 25.3 Å². The molecule has 7 nitrogen and oxygen atoms in total. The molecule has 1 amide bonds. The van der Waals surface area contributed by atoms with Gasteiger partial charge in [-0.25, -0.2) is 4.98 Å². The molecule has 2 aromatic rings. The van der Waals surface area contributed by atoms with Crippen molar-refractivity contribution in [1.82, 2.24) is 20.1 Å². The first-order valence-electron chi connectivity index (χ1n) is 7.39. The number of carbonyl (C=O) groups excluding carboxylic acids is 1. The highest BCUT2D eigenvalue weighted by atomic mass is 16.7. The predicted octanol–water partition coefficient (Wildman–Crippen LogP) is 1.90. The number of hydrogen-bond donors (Lipinski definition) is 1. The van der Waals surface area contributed by atoms with Gasteiger partial charge in [0.2, 0.25) is 6.79 Å². The molecule has 0 radical (unpaired) electrons. The first kappa shape index (κ1) is 13.1. The molecule has 0 bridgehead atoms. The zero-order valence-electron chi connectivity index (χ0n) is 12.0. The van der Waals surface area contributed by atoms with Gasteiger partial charge in [0.25, 0.3) is 5.91 Å². The van der Waals surface area contributed by atoms with Crippen LogP contribution in [0.1, 0.15) is 41.5 Å². The zero-order valence-corrected chi connectivity index (χ0v) is 12.0. The third-order valence-electron chi connectivity index (χ3n) is 4.13. The SMILES string of the molecule is O=C(c1ccc2c(c1)OCO2)N1CCCCC1c1ncn[nH]1. The van der Waals surface area contributed by atoms with Gasteiger partial charge >= 0.3 is 0 Å². The van der Waals surface area contributed by atoms with Gasteiger partial charge in [0.1, 0.15) is 12.2 Å². The van der Waals surface area contributed by atoms with E-state index >= 15 is 0 Å². The Kier molecular flexibility index (Phi) is 3.17. The largest absolute Gasteiger partial charge is 0.454 e. The molecule has 2 aliphatic heterocycles. The lowest BCUT2D eigenvalue weighted by molar-refractivity contribution is 0.0600. The molecule has 1 fully saturated rings. The molecule has 4 rings (SSSR count). The average Bonchev–Trinajstić information content (AvgIpc) is 3.24. The van der Waals surface area contributed by atoms with Gasteiger partial charge in [-0.2, -0.15) is 5.10 Å². The second kappa shape index (κ2) is 5.32. The van der Waals surface area contributed by atoms with Crippen molar-refractivity contribution in [3.8, 4) is 11.5 Å². The molecule has 1 atom stereocenters. The Morgan fingerprint density at radius 3 is 3.05 bits per heavy atom. The van der Waals surface area contributed by atoms with E-state index < -0.39 is 0 Å². The zero-order chi connectivity index (χ0) is 14.9. The molecule has 3 heterocycles. The van der Waals surface area contributed by atoms with Crippen LogP contribution < -0.4 is 9.47 Å². The lowest BCUT2D eigenvalue weighted by atomic mass is 10.00. The summed E-state index contributed by atoms with van der Waals surface area (Å²) in [5.74, 6) is 2.04. The lowest BCUT2D eigenvalue weighted by Crippen LogP contribution is -2.39. The molecule has 0 spiro atoms. The Hall–Kier alpha value is -2.57. The molecule has 0 aliphatic carbocycles. The van der Waals surface area contributed by atoms with Crippen molar-refractivity contribution in [3.05, 3.63) is 35.9 Å². The Balaban J connectivity index is 1.62. The average molecular weight is 300 g/mol. The molecule has 114 valence electrons. The van der Waals surface area contributed by atoms with Crippen LogP contribution in [0.15, 0.2) is 24.5 Å². The summed E-state index contributed by atoms with van der Waals surface area (Å²) < 4.78 is 10.6. The number of carbonyl (C=O) groups is 1. The molecule has 1 aromatic heterocycles. The molecule has 1 aromatic carbocycles. The van der Waals surface area contributed by atoms with Crippen LogP contribution in [0, 0.1) is 0 Å². The molecule has 22 heavy (non-hydrogen) atoms. The Morgan fingerprint density at radius 2 is 2.18 bits per heavy atom. The summed E-state index contributed by atoms with van der Waals surface area (Å²) in [4.78, 5) is 19.0. The smallest absolute Gasteiger partial charge is 0.254 e. The van der Waals surface area contributed by atoms with Crippen molar-refractivity contribution in [1.29, 1.82) is 0 Å². The molecule has 7 heteroatoms. The maximum Gasteiger partial charge on any atom is 0.254 e. The highest BCUT2D eigenvalue weighted by Crippen LogP contribution is 2.35. The van der Waals surface area contributed by atoms with Gasteiger partial charge in [0.05, 0.1) is 6.04 Å². The number of benzene rings is 1. The summed E-state index contributed by atoms with van der Waals surface area (Å²) >= 11 is 0. The standard InChI is InChI=1S/C15H16N4O3/c20-15(10-4-5-12-13(7-10)22-9-21-12)19-6-2-1-3-11(19)14-16-8-17-18-14/h4-5,7-8,11H,1-3,6,9H2,(H,16,17,18). The number of fused-ring (bicyclic) bond motifs is 1. The number of hydrogen-bond acceptors (Lipinski definition) is 5. The Morgan fingerprint density at radius 1 is 1.27 bits per heavy atom. The number of ether oxygens (including phenoxy) is 2. The maximum absolute atomic E-state index is 12.9. The highest BCUT2D eigenvalue weighted by molar-refractivity contribution is 5.95. The van der Waals surface area contributed by atoms with E-state index in [2.05, 4.69) is 15.2 Å². The molecule has 1 N–H and O–H groups in total. The van der Waals surface area contributed by atoms with Crippen molar-refractivity contribution in [2.75, 3.05) is 13.3 Å². The number of likely N-dealkylation sites (tertiary alicyclic amines) is 1. The minimum atomic E-state index is -0.0471. The summed E-state index contributed by atoms with van der Waals surface area (Å²) in [5, 5.41) is 6.79. The maximum atomic E-state index is 12.9. The van der Waals surface area contributed by atoms with Crippen LogP contribution in [0.3, 0.4) is 0 Å². The van der Waals surface area contributed by atoms with Crippen LogP contribution >= 0.6 is 0 Å². The first-order valence-corrected chi connectivity index (χ1v) is 7.39. The number of amides is 1. The van der Waals surface area contributed by atoms with Crippen molar-refractivity contribution < 1.29 is 14.3 Å². The van der Waals surface area contributed by atoms with Crippen molar-refractivity contribution in [2.24, 2.45) is 0 Å². The van der Waals surface area contributed by atoms with Gasteiger partial charge < -0.3 is 14.4 Å². The van der Waals surface area contributed by atoms with E-state index in [9.17, 15) is 4.79 Å². The normalized spacial score (nSPS) is 20.2. The molecular weight excluding hydrogens is 284 g/mol. The van der Waals surface area contributed by atoms with Gasteiger partial charge in [-0.15, -0.1) is 0 Å². The molecule has 1 saturated heterocycles. The fourth-order valence-corrected chi connectivity index (χ4v) is 3.03. The third kappa shape index (κ3) is 2.18. The van der Waals surface area contributed by atoms with Crippen LogP contribution in [-0.4, -0.2) is 39.3 Å². The number of rotatable bonds is 2. The molecular formula is C15H16N4O3. The third-order valence-corrected chi connectivity index (χ3v) is 4.13. The second-order valence-electron chi connectivity index (χ2n) is 5.45. The van der Waals surface area contributed by atoms with E-state index in [4.69, 9.17) is 9.47 Å². The fourth-order valence-electron chi connectivity index (χ4n) is 3.03. The molecule has 1 unspecified atom stereocenters. The fraction of sp³-hybridized carbons (Fsp3) is 0.400. The van der Waals surface area contributed by atoms with E-state index in [1.807, 2.05) is 4.90 Å². The summed E-state index contributed by atoms with van der Waals surface area (Å²) in [7, 11) is 0. The quantitative estimate of drug-likeness (QED) is 0.916. The monoisotopic (exact) mass is 300 g/mol. The van der Waals surface area contributed by atoms with E-state index in [0.29, 0.717) is 17.1 Å². The first-order chi connectivity index (χ1) is 10.8. The minimum Gasteiger partial charge on any atom is -0.454 e. The van der Waals surface area contributed by atoms with Gasteiger partial charge in [-0.3, -0.25) is 9.89 Å². The van der Waals surface area contributed by atoms with E-state index in [-0.39, 0.29) is 18.7 Å². The van der Waals surface area contributed by atoms with Crippen LogP contribution in [0.4, 0.5) is 0 Å². The van der Waals surface area contributed by atoms with Crippen molar-refractivity contribution in [3.63, 3.8) is 0 Å². The molecule has 0 saturated carbocycles.